The monoisotopic (exact) mass is 487 g/mol. The summed E-state index contributed by atoms with van der Waals surface area (Å²) in [7, 11) is 2.89. The van der Waals surface area contributed by atoms with Crippen LogP contribution in [-0.4, -0.2) is 35.0 Å². The van der Waals surface area contributed by atoms with Gasteiger partial charge in [-0.15, -0.1) is 0 Å². The number of aryl methyl sites for hydroxylation is 2. The van der Waals surface area contributed by atoms with E-state index >= 15 is 0 Å². The van der Waals surface area contributed by atoms with Crippen molar-refractivity contribution in [2.24, 2.45) is 0 Å². The van der Waals surface area contributed by atoms with Gasteiger partial charge in [0.25, 0.3) is 5.56 Å². The van der Waals surface area contributed by atoms with Crippen molar-refractivity contribution >= 4 is 16.7 Å². The molecule has 0 aliphatic rings. The van der Waals surface area contributed by atoms with Gasteiger partial charge in [0.05, 0.1) is 26.2 Å². The first-order valence-electron chi connectivity index (χ1n) is 11.7. The molecule has 4 aromatic rings. The van der Waals surface area contributed by atoms with Crippen molar-refractivity contribution in [1.29, 1.82) is 0 Å². The minimum absolute atomic E-state index is 0.114. The second-order valence-corrected chi connectivity index (χ2v) is 8.69. The minimum atomic E-state index is -0.735. The predicted octanol–water partition coefficient (Wildman–Crippen LogP) is 4.67. The second-order valence-electron chi connectivity index (χ2n) is 8.69. The number of phenols is 1. The summed E-state index contributed by atoms with van der Waals surface area (Å²) in [5, 5.41) is 22.2. The van der Waals surface area contributed by atoms with Crippen LogP contribution in [0.4, 0.5) is 0 Å². The number of aromatic hydroxyl groups is 2. The quantitative estimate of drug-likeness (QED) is 0.351. The largest absolute Gasteiger partial charge is 0.508 e. The number of pyridine rings is 1. The van der Waals surface area contributed by atoms with Gasteiger partial charge in [0.2, 0.25) is 0 Å². The van der Waals surface area contributed by atoms with E-state index in [2.05, 4.69) is 0 Å². The number of aromatic nitrogens is 1. The predicted molar refractivity (Wildman–Crippen MR) is 138 cm³/mol. The normalized spacial score (nSPS) is 11.9. The lowest BCUT2D eigenvalue weighted by molar-refractivity contribution is -0.140. The van der Waals surface area contributed by atoms with Crippen molar-refractivity contribution in [3.63, 3.8) is 0 Å². The van der Waals surface area contributed by atoms with Gasteiger partial charge in [-0.25, -0.2) is 0 Å². The molecule has 36 heavy (non-hydrogen) atoms. The second kappa shape index (κ2) is 10.6. The van der Waals surface area contributed by atoms with E-state index < -0.39 is 11.9 Å². The van der Waals surface area contributed by atoms with Gasteiger partial charge in [0.15, 0.2) is 0 Å². The van der Waals surface area contributed by atoms with Crippen molar-refractivity contribution in [1.82, 2.24) is 4.57 Å². The van der Waals surface area contributed by atoms with Gasteiger partial charge >= 0.3 is 5.97 Å². The van der Waals surface area contributed by atoms with Crippen LogP contribution in [0.1, 0.15) is 34.7 Å². The Labute approximate surface area is 209 Å². The fourth-order valence-corrected chi connectivity index (χ4v) is 4.67. The topological polar surface area (TPSA) is 98.0 Å². The molecule has 0 saturated heterocycles. The van der Waals surface area contributed by atoms with Gasteiger partial charge < -0.3 is 24.3 Å². The first-order chi connectivity index (χ1) is 17.3. The maximum absolute atomic E-state index is 13.8. The van der Waals surface area contributed by atoms with Crippen LogP contribution >= 0.6 is 0 Å². The number of nitrogens with zero attached hydrogens (tertiary/aromatic N) is 1. The van der Waals surface area contributed by atoms with Crippen LogP contribution in [0.5, 0.6) is 17.2 Å². The average molecular weight is 488 g/mol. The molecule has 0 saturated carbocycles. The number of benzene rings is 3. The van der Waals surface area contributed by atoms with Crippen molar-refractivity contribution in [3.05, 3.63) is 99.5 Å². The van der Waals surface area contributed by atoms with Crippen LogP contribution in [0.15, 0.2) is 71.5 Å². The van der Waals surface area contributed by atoms with Gasteiger partial charge in [0, 0.05) is 23.5 Å². The molecule has 0 aliphatic carbocycles. The highest BCUT2D eigenvalue weighted by Crippen LogP contribution is 2.39. The third-order valence-corrected chi connectivity index (χ3v) is 6.54. The van der Waals surface area contributed by atoms with E-state index in [-0.39, 0.29) is 29.0 Å². The number of rotatable bonds is 8. The van der Waals surface area contributed by atoms with Crippen LogP contribution in [0.25, 0.3) is 10.8 Å². The van der Waals surface area contributed by atoms with Crippen LogP contribution in [0.3, 0.4) is 0 Å². The summed E-state index contributed by atoms with van der Waals surface area (Å²) >= 11 is 0. The van der Waals surface area contributed by atoms with E-state index in [4.69, 9.17) is 9.47 Å². The molecule has 0 bridgehead atoms. The van der Waals surface area contributed by atoms with E-state index in [1.165, 1.54) is 7.11 Å². The van der Waals surface area contributed by atoms with E-state index in [1.807, 2.05) is 30.3 Å². The molecule has 1 heterocycles. The zero-order chi connectivity index (χ0) is 25.8. The summed E-state index contributed by atoms with van der Waals surface area (Å²) in [4.78, 5) is 26.3. The van der Waals surface area contributed by atoms with Gasteiger partial charge in [-0.2, -0.15) is 0 Å². The fraction of sp³-hybridized carbons (Fsp3) is 0.241. The van der Waals surface area contributed by atoms with Gasteiger partial charge in [0.1, 0.15) is 17.2 Å². The molecule has 7 nitrogen and oxygen atoms in total. The Bertz CT molecular complexity index is 1460. The number of hydrogen-bond acceptors (Lipinski definition) is 6. The third-order valence-electron chi connectivity index (χ3n) is 6.54. The van der Waals surface area contributed by atoms with E-state index in [9.17, 15) is 19.8 Å². The highest BCUT2D eigenvalue weighted by atomic mass is 16.5. The molecule has 4 rings (SSSR count). The van der Waals surface area contributed by atoms with E-state index in [1.54, 1.807) is 55.0 Å². The molecule has 0 unspecified atom stereocenters. The molecule has 7 heteroatoms. The van der Waals surface area contributed by atoms with Crippen LogP contribution in [0.2, 0.25) is 0 Å². The Kier molecular flexibility index (Phi) is 7.29. The van der Waals surface area contributed by atoms with Crippen molar-refractivity contribution in [2.45, 2.75) is 32.2 Å². The molecule has 2 N–H and O–H groups in total. The highest BCUT2D eigenvalue weighted by Gasteiger charge is 2.28. The summed E-state index contributed by atoms with van der Waals surface area (Å²) in [6.45, 7) is 2.14. The van der Waals surface area contributed by atoms with Crippen LogP contribution < -0.4 is 10.3 Å². The Hall–Kier alpha value is -4.26. The Morgan fingerprint density at radius 3 is 2.33 bits per heavy atom. The summed E-state index contributed by atoms with van der Waals surface area (Å²) in [5.41, 5.74) is 2.07. The number of carbonyl (C=O) groups is 1. The Morgan fingerprint density at radius 1 is 0.972 bits per heavy atom. The standard InChI is InChI=1S/C29H29NO6/c1-18-16-25(32)28(29(34)30(18)15-14-19-8-10-20(31)11-9-19)24(17-27(33)36-3)22-12-13-26(35-2)23-7-5-4-6-21(22)23/h4-13,16,24,31-32H,14-15,17H2,1-3H3/t24-/m0/s1. The SMILES string of the molecule is COC(=O)C[C@H](c1c(O)cc(C)n(CCc2ccc(O)cc2)c1=O)c1ccc(OC)c2ccccc12. The summed E-state index contributed by atoms with van der Waals surface area (Å²) in [6.07, 6.45) is 0.440. The molecule has 1 atom stereocenters. The molecule has 0 amide bonds. The first-order valence-corrected chi connectivity index (χ1v) is 11.7. The molecular weight excluding hydrogens is 458 g/mol. The van der Waals surface area contributed by atoms with Crippen molar-refractivity contribution < 1.29 is 24.5 Å². The van der Waals surface area contributed by atoms with Gasteiger partial charge in [-0.3, -0.25) is 9.59 Å². The molecular formula is C29H29NO6. The van der Waals surface area contributed by atoms with Gasteiger partial charge in [-0.05, 0) is 54.1 Å². The molecule has 0 fully saturated rings. The van der Waals surface area contributed by atoms with E-state index in [0.717, 1.165) is 21.9 Å². The molecule has 0 aliphatic heterocycles. The smallest absolute Gasteiger partial charge is 0.306 e. The number of ether oxygens (including phenoxy) is 2. The summed E-state index contributed by atoms with van der Waals surface area (Å²) in [6, 6.07) is 19.6. The maximum Gasteiger partial charge on any atom is 0.306 e. The average Bonchev–Trinajstić information content (AvgIpc) is 2.88. The summed E-state index contributed by atoms with van der Waals surface area (Å²) in [5.74, 6) is -0.537. The van der Waals surface area contributed by atoms with Gasteiger partial charge in [-0.1, -0.05) is 42.5 Å². The molecule has 3 aromatic carbocycles. The molecule has 0 spiro atoms. The summed E-state index contributed by atoms with van der Waals surface area (Å²) < 4.78 is 12.1. The Morgan fingerprint density at radius 2 is 1.67 bits per heavy atom. The molecule has 1 aromatic heterocycles. The number of hydrogen-bond donors (Lipinski definition) is 2. The first kappa shape index (κ1) is 24.9. The zero-order valence-corrected chi connectivity index (χ0v) is 20.5. The number of phenolic OH excluding ortho intramolecular Hbond substituents is 1. The lowest BCUT2D eigenvalue weighted by Crippen LogP contribution is -2.29. The lowest BCUT2D eigenvalue weighted by atomic mass is 9.85. The molecule has 186 valence electrons. The number of carbonyl (C=O) groups excluding carboxylic acids is 1. The van der Waals surface area contributed by atoms with Crippen LogP contribution in [0, 0.1) is 6.92 Å². The Balaban J connectivity index is 1.85. The van der Waals surface area contributed by atoms with Crippen molar-refractivity contribution in [3.8, 4) is 17.2 Å². The zero-order valence-electron chi connectivity index (χ0n) is 20.5. The van der Waals surface area contributed by atoms with E-state index in [0.29, 0.717) is 24.4 Å². The lowest BCUT2D eigenvalue weighted by Gasteiger charge is -2.22. The fourth-order valence-electron chi connectivity index (χ4n) is 4.67. The minimum Gasteiger partial charge on any atom is -0.508 e. The van der Waals surface area contributed by atoms with Crippen molar-refractivity contribution in [2.75, 3.05) is 14.2 Å². The van der Waals surface area contributed by atoms with Crippen LogP contribution in [-0.2, 0) is 22.5 Å². The number of esters is 1. The highest BCUT2D eigenvalue weighted by molar-refractivity contribution is 5.92. The number of methoxy groups -OCH3 is 2. The number of fused-ring (bicyclic) bond motifs is 1. The molecule has 0 radical (unpaired) electrons. The third kappa shape index (κ3) is 4.91. The maximum atomic E-state index is 13.8.